The second-order valence-corrected chi connectivity index (χ2v) is 3.65. The van der Waals surface area contributed by atoms with E-state index < -0.39 is 10.7 Å². The van der Waals surface area contributed by atoms with Gasteiger partial charge in [-0.25, -0.2) is 0 Å². The van der Waals surface area contributed by atoms with Gasteiger partial charge in [0.25, 0.3) is 0 Å². The van der Waals surface area contributed by atoms with Crippen LogP contribution >= 0.6 is 12.6 Å². The average Bonchev–Trinajstić information content (AvgIpc) is 1.84. The summed E-state index contributed by atoms with van der Waals surface area (Å²) in [6.07, 6.45) is 2.45. The summed E-state index contributed by atoms with van der Waals surface area (Å²) >= 11 is 3.95. The predicted octanol–water partition coefficient (Wildman–Crippen LogP) is 0.615. The Morgan fingerprint density at radius 2 is 2.20 bits per heavy atom. The van der Waals surface area contributed by atoms with Gasteiger partial charge in [0.2, 0.25) is 0 Å². The zero-order valence-electron chi connectivity index (χ0n) is 6.39. The van der Waals surface area contributed by atoms with Crippen molar-refractivity contribution in [2.75, 3.05) is 0 Å². The molecule has 60 valence electrons. The van der Waals surface area contributed by atoms with E-state index in [0.29, 0.717) is 6.42 Å². The zero-order chi connectivity index (χ0) is 8.20. The summed E-state index contributed by atoms with van der Waals surface area (Å²) in [7, 11) is 0. The minimum atomic E-state index is -1.08. The van der Waals surface area contributed by atoms with Crippen molar-refractivity contribution in [3.8, 4) is 0 Å². The van der Waals surface area contributed by atoms with E-state index >= 15 is 0 Å². The lowest BCUT2D eigenvalue weighted by Crippen LogP contribution is -2.41. The van der Waals surface area contributed by atoms with Crippen LogP contribution in [0.3, 0.4) is 0 Å². The van der Waals surface area contributed by atoms with Gasteiger partial charge in [-0.1, -0.05) is 19.8 Å². The Morgan fingerprint density at radius 1 is 1.70 bits per heavy atom. The molecule has 0 aliphatic heterocycles. The minimum absolute atomic E-state index is 0.578. The molecule has 0 aromatic heterocycles. The first kappa shape index (κ1) is 9.82. The van der Waals surface area contributed by atoms with E-state index in [9.17, 15) is 9.90 Å². The van der Waals surface area contributed by atoms with Crippen LogP contribution in [0.1, 0.15) is 33.1 Å². The quantitative estimate of drug-likeness (QED) is 0.614. The van der Waals surface area contributed by atoms with E-state index in [1.165, 1.54) is 0 Å². The maximum Gasteiger partial charge on any atom is 0.0570 e. The minimum Gasteiger partial charge on any atom is -0.549 e. The van der Waals surface area contributed by atoms with Gasteiger partial charge in [-0.05, 0) is 13.3 Å². The van der Waals surface area contributed by atoms with E-state index in [1.54, 1.807) is 6.92 Å². The Morgan fingerprint density at radius 3 is 2.50 bits per heavy atom. The Balaban J connectivity index is 3.75. The van der Waals surface area contributed by atoms with Crippen LogP contribution in [-0.4, -0.2) is 10.7 Å². The second-order valence-electron chi connectivity index (χ2n) is 2.66. The SMILES string of the molecule is CCCCC(C)(S)C(=O)[O-]. The molecule has 1 unspecified atom stereocenters. The molecule has 0 heterocycles. The molecule has 0 radical (unpaired) electrons. The highest BCUT2D eigenvalue weighted by atomic mass is 32.1. The van der Waals surface area contributed by atoms with Crippen LogP contribution in [0.15, 0.2) is 0 Å². The molecular formula is C7H13O2S-. The Bertz CT molecular complexity index is 121. The first-order valence-corrected chi connectivity index (χ1v) is 3.89. The number of carbonyl (C=O) groups excluding carboxylic acids is 1. The smallest absolute Gasteiger partial charge is 0.0570 e. The fourth-order valence-corrected chi connectivity index (χ4v) is 0.781. The molecule has 0 rings (SSSR count). The molecule has 0 fully saturated rings. The molecule has 0 amide bonds. The van der Waals surface area contributed by atoms with Gasteiger partial charge in [0.15, 0.2) is 0 Å². The van der Waals surface area contributed by atoms with Gasteiger partial charge in [-0.2, -0.15) is 12.6 Å². The molecule has 0 saturated heterocycles. The van der Waals surface area contributed by atoms with Crippen molar-refractivity contribution in [2.45, 2.75) is 37.9 Å². The summed E-state index contributed by atoms with van der Waals surface area (Å²) in [5.41, 5.74) is 0. The number of carboxylic acids is 1. The summed E-state index contributed by atoms with van der Waals surface area (Å²) in [5, 5.41) is 10.3. The van der Waals surface area contributed by atoms with E-state index in [2.05, 4.69) is 12.6 Å². The van der Waals surface area contributed by atoms with Gasteiger partial charge in [0.1, 0.15) is 0 Å². The summed E-state index contributed by atoms with van der Waals surface area (Å²) < 4.78 is -0.948. The first-order chi connectivity index (χ1) is 4.50. The maximum absolute atomic E-state index is 10.3. The van der Waals surface area contributed by atoms with Crippen LogP contribution in [0, 0.1) is 0 Å². The Kier molecular flexibility index (Phi) is 3.79. The summed E-state index contributed by atoms with van der Waals surface area (Å²) in [6.45, 7) is 3.58. The zero-order valence-corrected chi connectivity index (χ0v) is 7.28. The average molecular weight is 161 g/mol. The van der Waals surface area contributed by atoms with Crippen molar-refractivity contribution in [1.29, 1.82) is 0 Å². The molecule has 0 spiro atoms. The van der Waals surface area contributed by atoms with Crippen molar-refractivity contribution >= 4 is 18.6 Å². The predicted molar refractivity (Wildman–Crippen MR) is 41.9 cm³/mol. The van der Waals surface area contributed by atoms with Crippen LogP contribution in [-0.2, 0) is 4.79 Å². The molecule has 3 heteroatoms. The lowest BCUT2D eigenvalue weighted by atomic mass is 10.0. The molecule has 0 N–H and O–H groups in total. The standard InChI is InChI=1S/C7H14O2S/c1-3-4-5-7(2,10)6(8)9/h10H,3-5H2,1-2H3,(H,8,9)/p-1. The van der Waals surface area contributed by atoms with Gasteiger partial charge in [-0.15, -0.1) is 0 Å². The Hall–Kier alpha value is -0.180. The van der Waals surface area contributed by atoms with Gasteiger partial charge in [0.05, 0.1) is 5.97 Å². The molecule has 0 aromatic carbocycles. The molecule has 0 aliphatic rings. The highest BCUT2D eigenvalue weighted by Crippen LogP contribution is 2.19. The number of hydrogen-bond acceptors (Lipinski definition) is 3. The highest BCUT2D eigenvalue weighted by molar-refractivity contribution is 7.82. The number of rotatable bonds is 4. The van der Waals surface area contributed by atoms with Crippen LogP contribution < -0.4 is 5.11 Å². The summed E-state index contributed by atoms with van der Waals surface area (Å²) in [6, 6.07) is 0. The molecule has 0 aromatic rings. The third-order valence-electron chi connectivity index (χ3n) is 1.46. The normalized spacial score (nSPS) is 16.3. The monoisotopic (exact) mass is 161 g/mol. The van der Waals surface area contributed by atoms with Crippen molar-refractivity contribution in [1.82, 2.24) is 0 Å². The number of carboxylic acid groups (broad SMARTS) is 1. The number of unbranched alkanes of at least 4 members (excludes halogenated alkanes) is 1. The maximum atomic E-state index is 10.3. The second kappa shape index (κ2) is 3.86. The van der Waals surface area contributed by atoms with Gasteiger partial charge in [0, 0.05) is 4.75 Å². The molecule has 0 saturated carbocycles. The number of carbonyl (C=O) groups is 1. The third-order valence-corrected chi connectivity index (χ3v) is 1.86. The molecule has 0 bridgehead atoms. The Labute approximate surface area is 67.0 Å². The summed E-state index contributed by atoms with van der Waals surface area (Å²) in [4.78, 5) is 10.3. The topological polar surface area (TPSA) is 40.1 Å². The van der Waals surface area contributed by atoms with Crippen LogP contribution in [0.25, 0.3) is 0 Å². The number of aliphatic carboxylic acids is 1. The van der Waals surface area contributed by atoms with Crippen molar-refractivity contribution in [3.05, 3.63) is 0 Å². The lowest BCUT2D eigenvalue weighted by Gasteiger charge is -2.23. The molecule has 0 aliphatic carbocycles. The highest BCUT2D eigenvalue weighted by Gasteiger charge is 2.18. The number of thiol groups is 1. The number of hydrogen-bond donors (Lipinski definition) is 1. The fraction of sp³-hybridized carbons (Fsp3) is 0.857. The van der Waals surface area contributed by atoms with E-state index in [1.807, 2.05) is 6.92 Å². The lowest BCUT2D eigenvalue weighted by molar-refractivity contribution is -0.308. The van der Waals surface area contributed by atoms with Gasteiger partial charge in [-0.3, -0.25) is 0 Å². The van der Waals surface area contributed by atoms with E-state index in [-0.39, 0.29) is 0 Å². The van der Waals surface area contributed by atoms with Crippen LogP contribution in [0.5, 0.6) is 0 Å². The largest absolute Gasteiger partial charge is 0.549 e. The van der Waals surface area contributed by atoms with Crippen molar-refractivity contribution < 1.29 is 9.90 Å². The van der Waals surface area contributed by atoms with Crippen molar-refractivity contribution in [3.63, 3.8) is 0 Å². The fourth-order valence-electron chi connectivity index (χ4n) is 0.623. The van der Waals surface area contributed by atoms with E-state index in [4.69, 9.17) is 0 Å². The first-order valence-electron chi connectivity index (χ1n) is 3.44. The molecular weight excluding hydrogens is 148 g/mol. The van der Waals surface area contributed by atoms with Gasteiger partial charge < -0.3 is 9.90 Å². The van der Waals surface area contributed by atoms with Gasteiger partial charge >= 0.3 is 0 Å². The third kappa shape index (κ3) is 3.11. The van der Waals surface area contributed by atoms with E-state index in [0.717, 1.165) is 12.8 Å². The molecule has 2 nitrogen and oxygen atoms in total. The van der Waals surface area contributed by atoms with Crippen molar-refractivity contribution in [2.24, 2.45) is 0 Å². The van der Waals surface area contributed by atoms with Crippen LogP contribution in [0.4, 0.5) is 0 Å². The van der Waals surface area contributed by atoms with Crippen LogP contribution in [0.2, 0.25) is 0 Å². The summed E-state index contributed by atoms with van der Waals surface area (Å²) in [5.74, 6) is -1.08. The molecule has 10 heavy (non-hydrogen) atoms. The molecule has 1 atom stereocenters.